The topological polar surface area (TPSA) is 82.9 Å². The van der Waals surface area contributed by atoms with Gasteiger partial charge in [-0.2, -0.15) is 13.2 Å². The Hall–Kier alpha value is -4.22. The molecule has 250 valence electrons. The highest BCUT2D eigenvalue weighted by atomic mass is 35.5. The van der Waals surface area contributed by atoms with Gasteiger partial charge in [0.15, 0.2) is 11.2 Å². The average molecular weight is 696 g/mol. The number of carbonyl (C=O) groups excluding carboxylic acids is 2. The number of thioether (sulfide) groups is 1. The van der Waals surface area contributed by atoms with E-state index >= 15 is 0 Å². The quantitative estimate of drug-likeness (QED) is 0.143. The Morgan fingerprint density at radius 2 is 1.73 bits per heavy atom. The van der Waals surface area contributed by atoms with Crippen LogP contribution in [0.15, 0.2) is 98.6 Å². The number of hydrogen-bond acceptors (Lipinski definition) is 6. The summed E-state index contributed by atoms with van der Waals surface area (Å²) in [7, 11) is 0. The van der Waals surface area contributed by atoms with E-state index in [9.17, 15) is 27.6 Å². The molecule has 0 saturated carbocycles. The lowest BCUT2D eigenvalue weighted by molar-refractivity contribution is -0.128. The third kappa shape index (κ3) is 8.43. The summed E-state index contributed by atoms with van der Waals surface area (Å²) < 4.78 is 44.3. The maximum atomic E-state index is 13.4. The van der Waals surface area contributed by atoms with Gasteiger partial charge < -0.3 is 19.5 Å². The predicted octanol–water partition coefficient (Wildman–Crippen LogP) is 7.75. The fourth-order valence-electron chi connectivity index (χ4n) is 6.23. The fraction of sp³-hybridized carbons (Fsp3) is 0.306. The Bertz CT molecular complexity index is 1900. The number of amides is 2. The monoisotopic (exact) mass is 695 g/mol. The molecule has 1 N–H and O–H groups in total. The molecule has 0 aliphatic carbocycles. The number of carbonyl (C=O) groups is 2. The van der Waals surface area contributed by atoms with Crippen molar-refractivity contribution >= 4 is 51.8 Å². The molecule has 6 rings (SSSR count). The van der Waals surface area contributed by atoms with Crippen LogP contribution in [0.1, 0.15) is 47.4 Å². The van der Waals surface area contributed by atoms with E-state index in [1.165, 1.54) is 17.7 Å². The molecule has 2 aliphatic rings. The number of para-hydroxylation sites is 1. The standard InChI is InChI=1S/C36H33ClF3N3O4S/c37-26-9-7-23(8-10-26)18-27(41-35(46)33-21-31(44)29-20-28(48-36(38,39)40)11-12-32(29)47-33)19-24-13-16-42(17-14-24)30-5-2-1-4-25(30)22-43-15-3-6-34(43)45/h1-2,4-5,7-12,19-21,27H,3,6,13-18,22H2,(H,41,46). The second-order valence-corrected chi connectivity index (χ2v) is 13.5. The average Bonchev–Trinajstić information content (AvgIpc) is 3.46. The minimum absolute atomic E-state index is 0.0218. The molecule has 1 unspecified atom stereocenters. The fourth-order valence-corrected chi connectivity index (χ4v) is 6.93. The Labute approximate surface area is 284 Å². The summed E-state index contributed by atoms with van der Waals surface area (Å²) >= 11 is 5.77. The Balaban J connectivity index is 1.19. The van der Waals surface area contributed by atoms with Crippen LogP contribution in [0.5, 0.6) is 0 Å². The highest BCUT2D eigenvalue weighted by Gasteiger charge is 2.30. The van der Waals surface area contributed by atoms with Gasteiger partial charge in [0, 0.05) is 54.3 Å². The first-order chi connectivity index (χ1) is 23.0. The molecule has 3 aromatic carbocycles. The normalized spacial score (nSPS) is 16.0. The van der Waals surface area contributed by atoms with Crippen molar-refractivity contribution in [3.63, 3.8) is 0 Å². The van der Waals surface area contributed by atoms with Crippen LogP contribution in [0.3, 0.4) is 0 Å². The zero-order chi connectivity index (χ0) is 33.8. The van der Waals surface area contributed by atoms with Gasteiger partial charge in [-0.05, 0) is 85.0 Å². The van der Waals surface area contributed by atoms with Gasteiger partial charge in [-0.3, -0.25) is 14.4 Å². The molecule has 0 bridgehead atoms. The van der Waals surface area contributed by atoms with Crippen molar-refractivity contribution in [1.29, 1.82) is 0 Å². The molecule has 2 saturated heterocycles. The van der Waals surface area contributed by atoms with Gasteiger partial charge in [0.05, 0.1) is 11.4 Å². The molecular weight excluding hydrogens is 663 g/mol. The summed E-state index contributed by atoms with van der Waals surface area (Å²) in [6.45, 7) is 2.92. The van der Waals surface area contributed by atoms with E-state index in [1.807, 2.05) is 29.2 Å². The summed E-state index contributed by atoms with van der Waals surface area (Å²) in [5, 5.41) is 3.54. The first-order valence-electron chi connectivity index (χ1n) is 15.7. The molecule has 2 amide bonds. The van der Waals surface area contributed by atoms with Crippen LogP contribution in [0, 0.1) is 0 Å². The van der Waals surface area contributed by atoms with Crippen molar-refractivity contribution < 1.29 is 27.2 Å². The van der Waals surface area contributed by atoms with Crippen LogP contribution < -0.4 is 15.6 Å². The molecule has 4 aromatic rings. The number of piperidine rings is 1. The number of nitrogens with zero attached hydrogens (tertiary/aromatic N) is 2. The second kappa shape index (κ2) is 14.5. The summed E-state index contributed by atoms with van der Waals surface area (Å²) in [6, 6.07) is 19.7. The maximum Gasteiger partial charge on any atom is 0.446 e. The Morgan fingerprint density at radius 3 is 2.44 bits per heavy atom. The van der Waals surface area contributed by atoms with E-state index in [0.29, 0.717) is 24.4 Å². The van der Waals surface area contributed by atoms with Crippen LogP contribution in [-0.2, 0) is 17.8 Å². The third-order valence-corrected chi connectivity index (χ3v) is 9.52. The van der Waals surface area contributed by atoms with Gasteiger partial charge in [0.1, 0.15) is 5.58 Å². The van der Waals surface area contributed by atoms with Crippen LogP contribution in [0.25, 0.3) is 11.0 Å². The number of benzene rings is 3. The van der Waals surface area contributed by atoms with Gasteiger partial charge in [-0.1, -0.05) is 53.6 Å². The van der Waals surface area contributed by atoms with E-state index in [2.05, 4.69) is 28.4 Å². The number of fused-ring (bicyclic) bond motifs is 1. The van der Waals surface area contributed by atoms with Crippen LogP contribution in [0.4, 0.5) is 18.9 Å². The van der Waals surface area contributed by atoms with Crippen molar-refractivity contribution in [1.82, 2.24) is 10.2 Å². The molecule has 3 heterocycles. The van der Waals surface area contributed by atoms with Crippen LogP contribution in [-0.4, -0.2) is 47.9 Å². The minimum atomic E-state index is -4.50. The third-order valence-electron chi connectivity index (χ3n) is 8.55. The highest BCUT2D eigenvalue weighted by Crippen LogP contribution is 2.37. The highest BCUT2D eigenvalue weighted by molar-refractivity contribution is 8.00. The number of nitrogens with one attached hydrogen (secondary N) is 1. The van der Waals surface area contributed by atoms with Crippen molar-refractivity contribution in [2.45, 2.75) is 55.1 Å². The van der Waals surface area contributed by atoms with Gasteiger partial charge in [-0.25, -0.2) is 0 Å². The van der Waals surface area contributed by atoms with Crippen molar-refractivity contribution in [2.24, 2.45) is 0 Å². The number of rotatable bonds is 9. The zero-order valence-electron chi connectivity index (χ0n) is 25.9. The molecule has 12 heteroatoms. The smallest absolute Gasteiger partial charge is 0.446 e. The molecule has 0 radical (unpaired) electrons. The molecule has 1 atom stereocenters. The lowest BCUT2D eigenvalue weighted by Gasteiger charge is -2.33. The van der Waals surface area contributed by atoms with E-state index in [1.54, 1.807) is 12.1 Å². The van der Waals surface area contributed by atoms with E-state index in [-0.39, 0.29) is 39.3 Å². The number of likely N-dealkylation sites (tertiary alicyclic amines) is 1. The Morgan fingerprint density at radius 1 is 0.979 bits per heavy atom. The first-order valence-corrected chi connectivity index (χ1v) is 16.9. The molecule has 2 fully saturated rings. The molecule has 0 spiro atoms. The number of halogens is 4. The van der Waals surface area contributed by atoms with E-state index in [4.69, 9.17) is 16.0 Å². The number of alkyl halides is 3. The van der Waals surface area contributed by atoms with Gasteiger partial charge in [0.25, 0.3) is 5.91 Å². The van der Waals surface area contributed by atoms with Crippen molar-refractivity contribution in [3.8, 4) is 0 Å². The molecule has 48 heavy (non-hydrogen) atoms. The SMILES string of the molecule is O=C(NC(C=C1CCN(c2ccccc2CN2CCCC2=O)CC1)Cc1ccc(Cl)cc1)c1cc(=O)c2cc(SC(F)(F)F)ccc2o1. The second-order valence-electron chi connectivity index (χ2n) is 12.0. The summed E-state index contributed by atoms with van der Waals surface area (Å²) in [5.74, 6) is -0.646. The first kappa shape index (κ1) is 33.7. The van der Waals surface area contributed by atoms with Crippen molar-refractivity contribution in [2.75, 3.05) is 24.5 Å². The van der Waals surface area contributed by atoms with Gasteiger partial charge in [-0.15, -0.1) is 0 Å². The lowest BCUT2D eigenvalue weighted by atomic mass is 9.97. The molecule has 2 aliphatic heterocycles. The summed E-state index contributed by atoms with van der Waals surface area (Å²) in [4.78, 5) is 42.7. The van der Waals surface area contributed by atoms with Gasteiger partial charge >= 0.3 is 5.51 Å². The number of anilines is 1. The zero-order valence-corrected chi connectivity index (χ0v) is 27.5. The van der Waals surface area contributed by atoms with Crippen molar-refractivity contribution in [3.05, 3.63) is 117 Å². The molecule has 1 aromatic heterocycles. The van der Waals surface area contributed by atoms with Gasteiger partial charge in [0.2, 0.25) is 5.91 Å². The van der Waals surface area contributed by atoms with Crippen LogP contribution in [0.2, 0.25) is 5.02 Å². The predicted molar refractivity (Wildman–Crippen MR) is 181 cm³/mol. The molecular formula is C36H33ClF3N3O4S. The largest absolute Gasteiger partial charge is 0.451 e. The van der Waals surface area contributed by atoms with E-state index < -0.39 is 22.9 Å². The number of hydrogen-bond donors (Lipinski definition) is 1. The molecule has 7 nitrogen and oxygen atoms in total. The lowest BCUT2D eigenvalue weighted by Crippen LogP contribution is -2.37. The Kier molecular flexibility index (Phi) is 10.2. The van der Waals surface area contributed by atoms with Crippen LogP contribution >= 0.6 is 23.4 Å². The summed E-state index contributed by atoms with van der Waals surface area (Å²) in [5.41, 5.74) is -0.726. The van der Waals surface area contributed by atoms with E-state index in [0.717, 1.165) is 67.8 Å². The summed E-state index contributed by atoms with van der Waals surface area (Å²) in [6.07, 6.45) is 5.55. The maximum absolute atomic E-state index is 13.4. The minimum Gasteiger partial charge on any atom is -0.451 e.